The Bertz CT molecular complexity index is 1110. The molecule has 0 fully saturated rings. The maximum absolute atomic E-state index is 15.5. The van der Waals surface area contributed by atoms with Gasteiger partial charge in [-0.15, -0.1) is 0 Å². The number of halogens is 2. The summed E-state index contributed by atoms with van der Waals surface area (Å²) in [6.07, 6.45) is 0. The molecule has 9 heteroatoms. The van der Waals surface area contributed by atoms with Gasteiger partial charge >= 0.3 is 5.97 Å². The summed E-state index contributed by atoms with van der Waals surface area (Å²) in [4.78, 5) is 11.8. The molecule has 0 bridgehead atoms. The second-order valence-electron chi connectivity index (χ2n) is 6.03. The molecule has 0 amide bonds. The lowest BCUT2D eigenvalue weighted by atomic mass is 10.0. The molecule has 30 heavy (non-hydrogen) atoms. The molecule has 0 aliphatic carbocycles. The molecule has 0 heterocycles. The van der Waals surface area contributed by atoms with E-state index in [1.807, 2.05) is 0 Å². The molecule has 0 aliphatic rings. The Morgan fingerprint density at radius 2 is 1.80 bits per heavy atom. The first kappa shape index (κ1) is 21.8. The highest BCUT2D eigenvalue weighted by Gasteiger charge is 2.27. The van der Waals surface area contributed by atoms with Crippen LogP contribution in [-0.2, 0) is 16.0 Å². The number of rotatable bonds is 6. The van der Waals surface area contributed by atoms with Crippen LogP contribution < -0.4 is 9.04 Å². The van der Waals surface area contributed by atoms with E-state index in [2.05, 4.69) is 4.74 Å². The molecule has 156 valence electrons. The molecule has 3 aromatic rings. The molecule has 1 atom stereocenters. The minimum Gasteiger partial charge on any atom is -0.495 e. The van der Waals surface area contributed by atoms with Crippen LogP contribution in [-0.4, -0.2) is 29.0 Å². The lowest BCUT2D eigenvalue weighted by Gasteiger charge is -2.24. The molecule has 3 rings (SSSR count). The van der Waals surface area contributed by atoms with Crippen molar-refractivity contribution in [1.29, 1.82) is 0 Å². The molecule has 0 saturated carbocycles. The van der Waals surface area contributed by atoms with Crippen molar-refractivity contribution in [1.82, 2.24) is 0 Å². The van der Waals surface area contributed by atoms with E-state index in [0.29, 0.717) is 5.56 Å². The lowest BCUT2D eigenvalue weighted by molar-refractivity contribution is 0.0600. The monoisotopic (exact) mass is 449 g/mol. The van der Waals surface area contributed by atoms with Crippen LogP contribution in [0.25, 0.3) is 11.1 Å². The van der Waals surface area contributed by atoms with Gasteiger partial charge in [0, 0.05) is 5.56 Å². The standard InChI is InChI=1S/C21H17ClFNO5S/c1-28-18-12-14(21(25)29-2)8-11-17(18)24(30(26)27)20-16(22)10-9-15(19(20)23)13-6-4-3-5-7-13/h3-12H,1-2H3,(H,26,27). The Balaban J connectivity index is 2.22. The zero-order valence-corrected chi connectivity index (χ0v) is 17.5. The molecule has 6 nitrogen and oxygen atoms in total. The van der Waals surface area contributed by atoms with Gasteiger partial charge in [0.05, 0.1) is 30.5 Å². The molecule has 0 aromatic heterocycles. The SMILES string of the molecule is COC(=O)c1ccc(N(c2c(Cl)ccc(-c3ccccc3)c2F)S(=O)O)c(OC)c1. The van der Waals surface area contributed by atoms with Crippen molar-refractivity contribution in [3.05, 3.63) is 77.1 Å². The minimum atomic E-state index is -2.71. The van der Waals surface area contributed by atoms with Crippen molar-refractivity contribution in [2.24, 2.45) is 0 Å². The molecule has 1 N–H and O–H groups in total. The van der Waals surface area contributed by atoms with Gasteiger partial charge in [0.2, 0.25) is 0 Å². The third-order valence-electron chi connectivity index (χ3n) is 4.33. The van der Waals surface area contributed by atoms with Crippen molar-refractivity contribution < 1.29 is 27.4 Å². The Kier molecular flexibility index (Phi) is 6.71. The fourth-order valence-corrected chi connectivity index (χ4v) is 3.88. The number of esters is 1. The molecule has 0 radical (unpaired) electrons. The number of methoxy groups -OCH3 is 2. The van der Waals surface area contributed by atoms with Gasteiger partial charge in [0.1, 0.15) is 11.4 Å². The predicted molar refractivity (Wildman–Crippen MR) is 114 cm³/mol. The van der Waals surface area contributed by atoms with E-state index >= 15 is 4.39 Å². The number of nitrogens with zero attached hydrogens (tertiary/aromatic N) is 1. The van der Waals surface area contributed by atoms with E-state index in [9.17, 15) is 13.6 Å². The van der Waals surface area contributed by atoms with Crippen LogP contribution in [0.1, 0.15) is 10.4 Å². The van der Waals surface area contributed by atoms with E-state index in [-0.39, 0.29) is 33.3 Å². The second kappa shape index (κ2) is 9.25. The number of hydrogen-bond donors (Lipinski definition) is 1. The topological polar surface area (TPSA) is 76.1 Å². The summed E-state index contributed by atoms with van der Waals surface area (Å²) in [5.41, 5.74) is 0.673. The third-order valence-corrected chi connectivity index (χ3v) is 5.33. The fourth-order valence-electron chi connectivity index (χ4n) is 2.94. The quantitative estimate of drug-likeness (QED) is 0.412. The number of benzene rings is 3. The number of carbonyl (C=O) groups excluding carboxylic acids is 1. The number of carbonyl (C=O) groups is 1. The predicted octanol–water partition coefficient (Wildman–Crippen LogP) is 5.22. The summed E-state index contributed by atoms with van der Waals surface area (Å²) in [6.45, 7) is 0. The van der Waals surface area contributed by atoms with Gasteiger partial charge in [-0.25, -0.2) is 17.7 Å². The van der Waals surface area contributed by atoms with Crippen LogP contribution in [0.5, 0.6) is 5.75 Å². The van der Waals surface area contributed by atoms with Gasteiger partial charge in [0.25, 0.3) is 11.3 Å². The first-order chi connectivity index (χ1) is 14.4. The van der Waals surface area contributed by atoms with E-state index < -0.39 is 23.1 Å². The van der Waals surface area contributed by atoms with Gasteiger partial charge in [0.15, 0.2) is 5.82 Å². The zero-order valence-electron chi connectivity index (χ0n) is 16.0. The molecule has 0 aliphatic heterocycles. The van der Waals surface area contributed by atoms with E-state index in [1.165, 1.54) is 44.6 Å². The minimum absolute atomic E-state index is 0.0389. The van der Waals surface area contributed by atoms with Crippen molar-refractivity contribution >= 4 is 40.2 Å². The first-order valence-electron chi connectivity index (χ1n) is 8.60. The smallest absolute Gasteiger partial charge is 0.337 e. The average Bonchev–Trinajstić information content (AvgIpc) is 2.76. The first-order valence-corrected chi connectivity index (χ1v) is 10.0. The molecule has 3 aromatic carbocycles. The van der Waals surface area contributed by atoms with Gasteiger partial charge in [-0.2, -0.15) is 0 Å². The normalized spacial score (nSPS) is 11.6. The highest BCUT2D eigenvalue weighted by molar-refractivity contribution is 7.81. The van der Waals surface area contributed by atoms with Crippen LogP contribution >= 0.6 is 11.6 Å². The number of anilines is 2. The third kappa shape index (κ3) is 4.16. The molecule has 0 saturated heterocycles. The molecular weight excluding hydrogens is 433 g/mol. The van der Waals surface area contributed by atoms with Gasteiger partial charge in [-0.3, -0.25) is 4.55 Å². The summed E-state index contributed by atoms with van der Waals surface area (Å²) in [7, 11) is 2.54. The molecule has 1 unspecified atom stereocenters. The lowest BCUT2D eigenvalue weighted by Crippen LogP contribution is -2.22. The maximum atomic E-state index is 15.5. The molecular formula is C21H17ClFNO5S. The largest absolute Gasteiger partial charge is 0.495 e. The fraction of sp³-hybridized carbons (Fsp3) is 0.0952. The van der Waals surface area contributed by atoms with E-state index in [0.717, 1.165) is 4.31 Å². The Morgan fingerprint density at radius 1 is 1.10 bits per heavy atom. The van der Waals surface area contributed by atoms with E-state index in [1.54, 1.807) is 30.3 Å². The van der Waals surface area contributed by atoms with Crippen molar-refractivity contribution in [2.45, 2.75) is 0 Å². The van der Waals surface area contributed by atoms with Crippen molar-refractivity contribution in [3.8, 4) is 16.9 Å². The summed E-state index contributed by atoms with van der Waals surface area (Å²) in [5, 5.41) is -0.0753. The van der Waals surface area contributed by atoms with Gasteiger partial charge in [-0.05, 0) is 35.9 Å². The number of hydrogen-bond acceptors (Lipinski definition) is 4. The van der Waals surface area contributed by atoms with Gasteiger partial charge in [-0.1, -0.05) is 41.9 Å². The van der Waals surface area contributed by atoms with Crippen LogP contribution in [0, 0.1) is 5.82 Å². The maximum Gasteiger partial charge on any atom is 0.337 e. The van der Waals surface area contributed by atoms with Crippen molar-refractivity contribution in [3.63, 3.8) is 0 Å². The van der Waals surface area contributed by atoms with Crippen LogP contribution in [0.4, 0.5) is 15.8 Å². The summed E-state index contributed by atoms with van der Waals surface area (Å²) in [6, 6.07) is 15.7. The van der Waals surface area contributed by atoms with E-state index in [4.69, 9.17) is 16.3 Å². The zero-order chi connectivity index (χ0) is 21.8. The van der Waals surface area contributed by atoms with Crippen LogP contribution in [0.2, 0.25) is 5.02 Å². The highest BCUT2D eigenvalue weighted by Crippen LogP contribution is 2.43. The number of ether oxygens (including phenoxy) is 2. The Labute approximate surface area is 180 Å². The Hall–Kier alpha value is -2.94. The van der Waals surface area contributed by atoms with Crippen LogP contribution in [0.15, 0.2) is 60.7 Å². The summed E-state index contributed by atoms with van der Waals surface area (Å²) in [5.74, 6) is -1.34. The summed E-state index contributed by atoms with van der Waals surface area (Å²) >= 11 is 3.53. The molecule has 0 spiro atoms. The Morgan fingerprint density at radius 3 is 2.40 bits per heavy atom. The highest BCUT2D eigenvalue weighted by atomic mass is 35.5. The summed E-state index contributed by atoms with van der Waals surface area (Å²) < 4.78 is 48.5. The van der Waals surface area contributed by atoms with Crippen molar-refractivity contribution in [2.75, 3.05) is 18.5 Å². The second-order valence-corrected chi connectivity index (χ2v) is 7.26. The van der Waals surface area contributed by atoms with Crippen LogP contribution in [0.3, 0.4) is 0 Å². The average molecular weight is 450 g/mol. The van der Waals surface area contributed by atoms with Gasteiger partial charge < -0.3 is 9.47 Å².